The smallest absolute Gasteiger partial charge is 0.251 e. The molecule has 0 atom stereocenters. The molecule has 2 aromatic carbocycles. The first-order valence-corrected chi connectivity index (χ1v) is 7.80. The second-order valence-corrected chi connectivity index (χ2v) is 6.34. The summed E-state index contributed by atoms with van der Waals surface area (Å²) in [7, 11) is 0. The molecule has 0 N–H and O–H groups in total. The largest absolute Gasteiger partial charge is 0.303 e. The van der Waals surface area contributed by atoms with Crippen molar-refractivity contribution in [2.24, 2.45) is 0 Å². The van der Waals surface area contributed by atoms with Crippen molar-refractivity contribution in [1.29, 1.82) is 0 Å². The van der Waals surface area contributed by atoms with E-state index < -0.39 is 5.82 Å². The van der Waals surface area contributed by atoms with E-state index in [-0.39, 0.29) is 12.1 Å². The van der Waals surface area contributed by atoms with Gasteiger partial charge in [-0.15, -0.1) is 0 Å². The molecule has 0 saturated carbocycles. The summed E-state index contributed by atoms with van der Waals surface area (Å²) < 4.78 is 15.7. The van der Waals surface area contributed by atoms with Crippen LogP contribution in [-0.2, 0) is 6.54 Å². The molecular formula is C19H17ClFNO. The maximum absolute atomic E-state index is 14.1. The lowest BCUT2D eigenvalue weighted by Crippen LogP contribution is -2.22. The Labute approximate surface area is 139 Å². The van der Waals surface area contributed by atoms with Crippen molar-refractivity contribution in [1.82, 2.24) is 4.57 Å². The standard InChI is InChI=1S/C19H17ClFNO/c1-11-7-13(3)19-14(8-11)12(2)9-18(23)22(19)10-15-16(20)5-4-6-17(15)21/h4-9H,10H2,1-3H3. The molecule has 0 aliphatic heterocycles. The summed E-state index contributed by atoms with van der Waals surface area (Å²) in [4.78, 5) is 12.5. The van der Waals surface area contributed by atoms with Crippen LogP contribution in [0.1, 0.15) is 22.3 Å². The van der Waals surface area contributed by atoms with Crippen LogP contribution < -0.4 is 5.56 Å². The van der Waals surface area contributed by atoms with Crippen LogP contribution in [0.2, 0.25) is 5.02 Å². The predicted molar refractivity (Wildman–Crippen MR) is 92.9 cm³/mol. The Kier molecular flexibility index (Phi) is 3.99. The maximum atomic E-state index is 14.1. The molecular weight excluding hydrogens is 313 g/mol. The van der Waals surface area contributed by atoms with Crippen LogP contribution in [-0.4, -0.2) is 4.57 Å². The van der Waals surface area contributed by atoms with Crippen LogP contribution in [0.3, 0.4) is 0 Å². The molecule has 0 fully saturated rings. The van der Waals surface area contributed by atoms with E-state index in [0.29, 0.717) is 10.6 Å². The first kappa shape index (κ1) is 15.8. The molecule has 0 saturated heterocycles. The van der Waals surface area contributed by atoms with Gasteiger partial charge < -0.3 is 4.57 Å². The van der Waals surface area contributed by atoms with Crippen molar-refractivity contribution in [2.45, 2.75) is 27.3 Å². The van der Waals surface area contributed by atoms with Gasteiger partial charge in [0.05, 0.1) is 12.1 Å². The van der Waals surface area contributed by atoms with E-state index in [1.54, 1.807) is 22.8 Å². The van der Waals surface area contributed by atoms with Gasteiger partial charge in [0.1, 0.15) is 5.82 Å². The molecule has 3 rings (SSSR count). The second kappa shape index (κ2) is 5.82. The molecule has 0 amide bonds. The number of hydrogen-bond acceptors (Lipinski definition) is 1. The van der Waals surface area contributed by atoms with Crippen LogP contribution in [0.5, 0.6) is 0 Å². The first-order chi connectivity index (χ1) is 10.9. The Morgan fingerprint density at radius 2 is 1.83 bits per heavy atom. The molecule has 23 heavy (non-hydrogen) atoms. The van der Waals surface area contributed by atoms with Crippen molar-refractivity contribution >= 4 is 22.5 Å². The Morgan fingerprint density at radius 1 is 1.09 bits per heavy atom. The SMILES string of the molecule is Cc1cc(C)c2c(c1)c(C)cc(=O)n2Cc1c(F)cccc1Cl. The number of nitrogens with zero attached hydrogens (tertiary/aromatic N) is 1. The number of hydrogen-bond donors (Lipinski definition) is 0. The molecule has 118 valence electrons. The average molecular weight is 330 g/mol. The van der Waals surface area contributed by atoms with E-state index in [0.717, 1.165) is 27.6 Å². The van der Waals surface area contributed by atoms with E-state index in [1.807, 2.05) is 26.8 Å². The lowest BCUT2D eigenvalue weighted by atomic mass is 10.0. The van der Waals surface area contributed by atoms with Crippen molar-refractivity contribution in [3.63, 3.8) is 0 Å². The lowest BCUT2D eigenvalue weighted by Gasteiger charge is -2.16. The van der Waals surface area contributed by atoms with Crippen LogP contribution in [0.25, 0.3) is 10.9 Å². The highest BCUT2D eigenvalue weighted by atomic mass is 35.5. The molecule has 0 aliphatic carbocycles. The third-order valence-electron chi connectivity index (χ3n) is 4.12. The summed E-state index contributed by atoms with van der Waals surface area (Å²) in [6, 6.07) is 10.2. The Bertz CT molecular complexity index is 955. The van der Waals surface area contributed by atoms with Crippen molar-refractivity contribution < 1.29 is 4.39 Å². The highest BCUT2D eigenvalue weighted by molar-refractivity contribution is 6.31. The minimum absolute atomic E-state index is 0.116. The summed E-state index contributed by atoms with van der Waals surface area (Å²) in [6.45, 7) is 6.02. The first-order valence-electron chi connectivity index (χ1n) is 7.43. The number of pyridine rings is 1. The summed E-state index contributed by atoms with van der Waals surface area (Å²) >= 11 is 6.12. The van der Waals surface area contributed by atoms with Gasteiger partial charge >= 0.3 is 0 Å². The quantitative estimate of drug-likeness (QED) is 0.664. The van der Waals surface area contributed by atoms with Gasteiger partial charge in [-0.25, -0.2) is 4.39 Å². The van der Waals surface area contributed by atoms with Crippen LogP contribution in [0.15, 0.2) is 41.2 Å². The third-order valence-corrected chi connectivity index (χ3v) is 4.48. The topological polar surface area (TPSA) is 22.0 Å². The average Bonchev–Trinajstić information content (AvgIpc) is 2.46. The molecule has 2 nitrogen and oxygen atoms in total. The molecule has 0 aliphatic rings. The van der Waals surface area contributed by atoms with E-state index in [1.165, 1.54) is 6.07 Å². The Balaban J connectivity index is 2.32. The zero-order valence-electron chi connectivity index (χ0n) is 13.3. The number of benzene rings is 2. The number of fused-ring (bicyclic) bond motifs is 1. The fourth-order valence-corrected chi connectivity index (χ4v) is 3.29. The zero-order chi connectivity index (χ0) is 16.7. The molecule has 0 unspecified atom stereocenters. The predicted octanol–water partition coefficient (Wildman–Crippen LogP) is 4.77. The summed E-state index contributed by atoms with van der Waals surface area (Å²) in [5, 5.41) is 1.34. The van der Waals surface area contributed by atoms with Gasteiger partial charge in [0.2, 0.25) is 0 Å². The third kappa shape index (κ3) is 2.77. The van der Waals surface area contributed by atoms with E-state index in [2.05, 4.69) is 6.07 Å². The molecule has 0 spiro atoms. The van der Waals surface area contributed by atoms with Crippen molar-refractivity contribution in [3.05, 3.63) is 79.8 Å². The normalized spacial score (nSPS) is 11.2. The Morgan fingerprint density at radius 3 is 2.52 bits per heavy atom. The summed E-state index contributed by atoms with van der Waals surface area (Å²) in [5.41, 5.74) is 4.07. The number of aryl methyl sites for hydroxylation is 3. The second-order valence-electron chi connectivity index (χ2n) is 5.93. The van der Waals surface area contributed by atoms with Crippen molar-refractivity contribution in [3.8, 4) is 0 Å². The number of aromatic nitrogens is 1. The number of rotatable bonds is 2. The minimum Gasteiger partial charge on any atom is -0.303 e. The highest BCUT2D eigenvalue weighted by Gasteiger charge is 2.14. The molecule has 0 bridgehead atoms. The van der Waals surface area contributed by atoms with Crippen LogP contribution >= 0.6 is 11.6 Å². The van der Waals surface area contributed by atoms with Crippen molar-refractivity contribution in [2.75, 3.05) is 0 Å². The van der Waals surface area contributed by atoms with Crippen LogP contribution in [0, 0.1) is 26.6 Å². The number of halogens is 2. The van der Waals surface area contributed by atoms with Crippen LogP contribution in [0.4, 0.5) is 4.39 Å². The van der Waals surface area contributed by atoms with Gasteiger partial charge in [0.15, 0.2) is 0 Å². The molecule has 3 aromatic rings. The van der Waals surface area contributed by atoms with E-state index in [4.69, 9.17) is 11.6 Å². The van der Waals surface area contributed by atoms with E-state index >= 15 is 0 Å². The fraction of sp³-hybridized carbons (Fsp3) is 0.211. The van der Waals surface area contributed by atoms with Gasteiger partial charge in [0.25, 0.3) is 5.56 Å². The lowest BCUT2D eigenvalue weighted by molar-refractivity contribution is 0.599. The zero-order valence-corrected chi connectivity index (χ0v) is 14.0. The van der Waals surface area contributed by atoms with Gasteiger partial charge in [-0.3, -0.25) is 4.79 Å². The Hall–Kier alpha value is -2.13. The molecule has 1 aromatic heterocycles. The molecule has 4 heteroatoms. The van der Waals surface area contributed by atoms with E-state index in [9.17, 15) is 9.18 Å². The summed E-state index contributed by atoms with van der Waals surface area (Å²) in [6.07, 6.45) is 0. The van der Waals surface area contributed by atoms with Gasteiger partial charge in [-0.1, -0.05) is 29.3 Å². The van der Waals surface area contributed by atoms with Gasteiger partial charge in [-0.2, -0.15) is 0 Å². The van der Waals surface area contributed by atoms with Gasteiger partial charge in [-0.05, 0) is 50.1 Å². The van der Waals surface area contributed by atoms with Gasteiger partial charge in [0, 0.05) is 22.0 Å². The fourth-order valence-electron chi connectivity index (χ4n) is 3.07. The highest BCUT2D eigenvalue weighted by Crippen LogP contribution is 2.25. The molecule has 1 heterocycles. The minimum atomic E-state index is -0.400. The maximum Gasteiger partial charge on any atom is 0.251 e. The monoisotopic (exact) mass is 329 g/mol. The summed E-state index contributed by atoms with van der Waals surface area (Å²) in [5.74, 6) is -0.400. The molecule has 0 radical (unpaired) electrons.